The minimum atomic E-state index is -0.433. The number of methoxy groups -OCH3 is 1. The van der Waals surface area contributed by atoms with Crippen LogP contribution in [0.4, 0.5) is 4.39 Å². The van der Waals surface area contributed by atoms with Gasteiger partial charge in [0.2, 0.25) is 0 Å². The Morgan fingerprint density at radius 2 is 2.19 bits per heavy atom. The minimum absolute atomic E-state index is 0.0692. The van der Waals surface area contributed by atoms with Gasteiger partial charge in [-0.2, -0.15) is 0 Å². The molecular formula is C14H14FN3O2S. The summed E-state index contributed by atoms with van der Waals surface area (Å²) in [4.78, 5) is 16.3. The molecule has 0 aliphatic heterocycles. The van der Waals surface area contributed by atoms with E-state index in [0.29, 0.717) is 16.8 Å². The molecule has 0 amide bonds. The van der Waals surface area contributed by atoms with Crippen LogP contribution in [0.1, 0.15) is 16.8 Å². The summed E-state index contributed by atoms with van der Waals surface area (Å²) in [5.41, 5.74) is 6.88. The topological polar surface area (TPSA) is 70.1 Å². The third-order valence-corrected chi connectivity index (χ3v) is 3.16. The zero-order valence-corrected chi connectivity index (χ0v) is 12.4. The number of thiocarbonyl (C=S) groups is 1. The number of benzene rings is 1. The second-order valence-corrected chi connectivity index (χ2v) is 4.91. The smallest absolute Gasteiger partial charge is 0.299 e. The standard InChI is InChI=1S/C14H14FN3O2S/c1-8-5-12(19)18(14(17-8)20-2)7-9-6-10(15)3-4-11(9)13(16)21/h3-6H,7H2,1-2H3,(H2,16,21). The molecule has 5 nitrogen and oxygen atoms in total. The van der Waals surface area contributed by atoms with Crippen LogP contribution in [0.5, 0.6) is 6.01 Å². The molecule has 0 radical (unpaired) electrons. The molecule has 0 aliphatic carbocycles. The van der Waals surface area contributed by atoms with E-state index in [4.69, 9.17) is 22.7 Å². The summed E-state index contributed by atoms with van der Waals surface area (Å²) in [5, 5.41) is 0. The maximum Gasteiger partial charge on any atom is 0.299 e. The highest BCUT2D eigenvalue weighted by atomic mass is 32.1. The van der Waals surface area contributed by atoms with Crippen molar-refractivity contribution in [1.29, 1.82) is 0 Å². The fraction of sp³-hybridized carbons (Fsp3) is 0.214. The predicted molar refractivity (Wildman–Crippen MR) is 81.2 cm³/mol. The molecule has 0 aliphatic rings. The molecule has 2 aromatic rings. The number of halogens is 1. The molecule has 0 fully saturated rings. The molecule has 2 rings (SSSR count). The number of ether oxygens (including phenoxy) is 1. The zero-order valence-electron chi connectivity index (χ0n) is 11.6. The summed E-state index contributed by atoms with van der Waals surface area (Å²) in [7, 11) is 1.41. The van der Waals surface area contributed by atoms with Crippen molar-refractivity contribution in [3.05, 3.63) is 57.3 Å². The van der Waals surface area contributed by atoms with Crippen molar-refractivity contribution in [3.63, 3.8) is 0 Å². The number of rotatable bonds is 4. The van der Waals surface area contributed by atoms with Gasteiger partial charge in [-0.15, -0.1) is 0 Å². The molecule has 7 heteroatoms. The van der Waals surface area contributed by atoms with Crippen molar-refractivity contribution in [2.75, 3.05) is 7.11 Å². The molecule has 110 valence electrons. The average Bonchev–Trinajstić information content (AvgIpc) is 2.41. The Hall–Kier alpha value is -2.28. The lowest BCUT2D eigenvalue weighted by atomic mass is 10.1. The maximum atomic E-state index is 13.4. The number of hydrogen-bond donors (Lipinski definition) is 1. The summed E-state index contributed by atoms with van der Waals surface area (Å²) in [6.45, 7) is 1.76. The first-order valence-electron chi connectivity index (χ1n) is 6.13. The van der Waals surface area contributed by atoms with Gasteiger partial charge in [-0.3, -0.25) is 9.36 Å². The Labute approximate surface area is 126 Å². The lowest BCUT2D eigenvalue weighted by molar-refractivity contribution is 0.349. The lowest BCUT2D eigenvalue weighted by Crippen LogP contribution is -2.25. The summed E-state index contributed by atoms with van der Waals surface area (Å²) in [6, 6.07) is 5.58. The van der Waals surface area contributed by atoms with E-state index >= 15 is 0 Å². The van der Waals surface area contributed by atoms with Crippen LogP contribution in [0.15, 0.2) is 29.1 Å². The Bertz CT molecular complexity index is 758. The quantitative estimate of drug-likeness (QED) is 0.864. The molecular weight excluding hydrogens is 293 g/mol. The third kappa shape index (κ3) is 3.25. The van der Waals surface area contributed by atoms with Crippen molar-refractivity contribution in [1.82, 2.24) is 9.55 Å². The summed E-state index contributed by atoms with van der Waals surface area (Å²) >= 11 is 4.94. The van der Waals surface area contributed by atoms with Crippen molar-refractivity contribution < 1.29 is 9.13 Å². The normalized spacial score (nSPS) is 10.4. The van der Waals surface area contributed by atoms with E-state index in [1.807, 2.05) is 0 Å². The van der Waals surface area contributed by atoms with Gasteiger partial charge < -0.3 is 10.5 Å². The molecule has 0 saturated carbocycles. The van der Waals surface area contributed by atoms with Crippen LogP contribution in [-0.4, -0.2) is 21.6 Å². The molecule has 1 aromatic heterocycles. The first-order chi connectivity index (χ1) is 9.92. The molecule has 2 N–H and O–H groups in total. The van der Waals surface area contributed by atoms with Crippen molar-refractivity contribution in [3.8, 4) is 6.01 Å². The predicted octanol–water partition coefficient (Wildman–Crippen LogP) is 1.38. The van der Waals surface area contributed by atoms with E-state index in [-0.39, 0.29) is 23.1 Å². The highest BCUT2D eigenvalue weighted by Crippen LogP contribution is 2.15. The molecule has 0 bridgehead atoms. The van der Waals surface area contributed by atoms with Gasteiger partial charge in [0.1, 0.15) is 10.8 Å². The first kappa shape index (κ1) is 15.1. The largest absolute Gasteiger partial charge is 0.468 e. The van der Waals surface area contributed by atoms with Crippen molar-refractivity contribution in [2.24, 2.45) is 5.73 Å². The Balaban J connectivity index is 2.55. The van der Waals surface area contributed by atoms with Crippen molar-refractivity contribution in [2.45, 2.75) is 13.5 Å². The van der Waals surface area contributed by atoms with Gasteiger partial charge in [-0.05, 0) is 30.7 Å². The average molecular weight is 307 g/mol. The number of nitrogens with two attached hydrogens (primary N) is 1. The highest BCUT2D eigenvalue weighted by molar-refractivity contribution is 7.80. The Morgan fingerprint density at radius 3 is 2.81 bits per heavy atom. The van der Waals surface area contributed by atoms with Gasteiger partial charge in [-0.25, -0.2) is 9.37 Å². The Kier molecular flexibility index (Phi) is 4.32. The molecule has 1 heterocycles. The molecule has 0 saturated heterocycles. The fourth-order valence-corrected chi connectivity index (χ4v) is 2.20. The minimum Gasteiger partial charge on any atom is -0.468 e. The Morgan fingerprint density at radius 1 is 1.48 bits per heavy atom. The first-order valence-corrected chi connectivity index (χ1v) is 6.54. The molecule has 0 spiro atoms. The van der Waals surface area contributed by atoms with Gasteiger partial charge in [-0.1, -0.05) is 12.2 Å². The second-order valence-electron chi connectivity index (χ2n) is 4.47. The summed E-state index contributed by atoms with van der Waals surface area (Å²) in [5.74, 6) is -0.433. The summed E-state index contributed by atoms with van der Waals surface area (Å²) in [6.07, 6.45) is 0. The van der Waals surface area contributed by atoms with Crippen LogP contribution in [0, 0.1) is 12.7 Å². The van der Waals surface area contributed by atoms with Crippen LogP contribution in [0.3, 0.4) is 0 Å². The molecule has 21 heavy (non-hydrogen) atoms. The van der Waals surface area contributed by atoms with E-state index in [0.717, 1.165) is 0 Å². The van der Waals surface area contributed by atoms with Gasteiger partial charge in [0, 0.05) is 17.3 Å². The van der Waals surface area contributed by atoms with E-state index in [2.05, 4.69) is 4.98 Å². The highest BCUT2D eigenvalue weighted by Gasteiger charge is 2.12. The van der Waals surface area contributed by atoms with Gasteiger partial charge >= 0.3 is 0 Å². The number of aryl methyl sites for hydroxylation is 1. The number of hydrogen-bond acceptors (Lipinski definition) is 4. The van der Waals surface area contributed by atoms with Gasteiger partial charge in [0.25, 0.3) is 11.6 Å². The monoisotopic (exact) mass is 307 g/mol. The van der Waals surface area contributed by atoms with Crippen LogP contribution < -0.4 is 16.0 Å². The lowest BCUT2D eigenvalue weighted by Gasteiger charge is -2.13. The molecule has 0 unspecified atom stereocenters. The SMILES string of the molecule is COc1nc(C)cc(=O)n1Cc1cc(F)ccc1C(N)=S. The number of aromatic nitrogens is 2. The third-order valence-electron chi connectivity index (χ3n) is 2.95. The fourth-order valence-electron chi connectivity index (χ4n) is 2.00. The second kappa shape index (κ2) is 6.01. The number of nitrogens with zero attached hydrogens (tertiary/aromatic N) is 2. The van der Waals surface area contributed by atoms with E-state index in [1.165, 1.54) is 35.9 Å². The van der Waals surface area contributed by atoms with Crippen LogP contribution >= 0.6 is 12.2 Å². The van der Waals surface area contributed by atoms with Crippen molar-refractivity contribution >= 4 is 17.2 Å². The van der Waals surface area contributed by atoms with Gasteiger partial charge in [0.15, 0.2) is 0 Å². The van der Waals surface area contributed by atoms with Gasteiger partial charge in [0.05, 0.1) is 13.7 Å². The van der Waals surface area contributed by atoms with Crippen LogP contribution in [-0.2, 0) is 6.54 Å². The summed E-state index contributed by atoms with van der Waals surface area (Å²) < 4.78 is 19.8. The van der Waals surface area contributed by atoms with E-state index in [1.54, 1.807) is 6.92 Å². The molecule has 1 aromatic carbocycles. The van der Waals surface area contributed by atoms with Crippen LogP contribution in [0.25, 0.3) is 0 Å². The van der Waals surface area contributed by atoms with E-state index in [9.17, 15) is 9.18 Å². The van der Waals surface area contributed by atoms with E-state index < -0.39 is 5.82 Å². The molecule has 0 atom stereocenters. The zero-order chi connectivity index (χ0) is 15.6. The van der Waals surface area contributed by atoms with Crippen LogP contribution in [0.2, 0.25) is 0 Å². The maximum absolute atomic E-state index is 13.4.